The van der Waals surface area contributed by atoms with Crippen molar-refractivity contribution in [2.24, 2.45) is 0 Å². The summed E-state index contributed by atoms with van der Waals surface area (Å²) in [5.74, 6) is 0.872. The van der Waals surface area contributed by atoms with Gasteiger partial charge in [-0.3, -0.25) is 9.36 Å². The van der Waals surface area contributed by atoms with Crippen molar-refractivity contribution < 1.29 is 9.21 Å². The Kier molecular flexibility index (Phi) is 4.75. The quantitative estimate of drug-likeness (QED) is 0.556. The average Bonchev–Trinajstić information content (AvgIpc) is 3.36. The number of hydrogen-bond acceptors (Lipinski definition) is 3. The Morgan fingerprint density at radius 2 is 1.93 bits per heavy atom. The van der Waals surface area contributed by atoms with E-state index >= 15 is 0 Å². The van der Waals surface area contributed by atoms with E-state index in [1.165, 1.54) is 0 Å². The van der Waals surface area contributed by atoms with Crippen LogP contribution in [0.5, 0.6) is 0 Å². The van der Waals surface area contributed by atoms with Crippen molar-refractivity contribution in [3.8, 4) is 5.69 Å². The molecule has 0 aliphatic rings. The number of hydrogen-bond donors (Lipinski definition) is 1. The zero-order chi connectivity index (χ0) is 18.6. The fourth-order valence-electron chi connectivity index (χ4n) is 3.13. The van der Waals surface area contributed by atoms with Gasteiger partial charge in [-0.2, -0.15) is 0 Å². The molecule has 0 spiro atoms. The average molecular weight is 359 g/mol. The van der Waals surface area contributed by atoms with Crippen LogP contribution in [-0.2, 0) is 6.42 Å². The third kappa shape index (κ3) is 3.77. The maximum Gasteiger partial charge on any atom is 0.251 e. The molecule has 27 heavy (non-hydrogen) atoms. The van der Waals surface area contributed by atoms with Gasteiger partial charge < -0.3 is 9.73 Å². The highest BCUT2D eigenvalue weighted by atomic mass is 16.3. The monoisotopic (exact) mass is 359 g/mol. The molecule has 1 amide bonds. The van der Waals surface area contributed by atoms with Gasteiger partial charge in [-0.25, -0.2) is 4.98 Å². The van der Waals surface area contributed by atoms with E-state index in [0.717, 1.165) is 35.3 Å². The van der Waals surface area contributed by atoms with E-state index < -0.39 is 0 Å². The van der Waals surface area contributed by atoms with Gasteiger partial charge in [0, 0.05) is 23.7 Å². The summed E-state index contributed by atoms with van der Waals surface area (Å²) in [5, 5.41) is 3.04. The highest BCUT2D eigenvalue weighted by Gasteiger charge is 2.11. The Morgan fingerprint density at radius 3 is 2.70 bits per heavy atom. The third-order valence-electron chi connectivity index (χ3n) is 4.64. The number of fused-ring (bicyclic) bond motifs is 1. The molecule has 0 aliphatic carbocycles. The van der Waals surface area contributed by atoms with E-state index in [1.54, 1.807) is 12.6 Å². The second-order valence-electron chi connectivity index (χ2n) is 6.64. The van der Waals surface area contributed by atoms with Crippen LogP contribution in [-0.4, -0.2) is 21.5 Å². The Hall–Kier alpha value is -3.34. The van der Waals surface area contributed by atoms with Crippen molar-refractivity contribution >= 4 is 16.9 Å². The van der Waals surface area contributed by atoms with Crippen LogP contribution in [0.15, 0.2) is 77.7 Å². The molecule has 2 aromatic carbocycles. The van der Waals surface area contributed by atoms with Gasteiger partial charge in [0.05, 0.1) is 17.3 Å². The van der Waals surface area contributed by atoms with Gasteiger partial charge in [0.2, 0.25) is 0 Å². The van der Waals surface area contributed by atoms with Gasteiger partial charge in [-0.1, -0.05) is 12.1 Å². The molecule has 0 saturated carbocycles. The van der Waals surface area contributed by atoms with Gasteiger partial charge in [0.1, 0.15) is 12.1 Å². The molecular weight excluding hydrogens is 338 g/mol. The first-order valence-corrected chi connectivity index (χ1v) is 9.06. The SMILES string of the molecule is C[C@H](CCc1ccco1)NC(=O)c1ccc(-n2cnc3ccccc32)cc1. The molecule has 2 aromatic heterocycles. The lowest BCUT2D eigenvalue weighted by molar-refractivity contribution is 0.0938. The molecule has 0 bridgehead atoms. The van der Waals surface area contributed by atoms with Crippen LogP contribution in [0.25, 0.3) is 16.7 Å². The van der Waals surface area contributed by atoms with E-state index in [1.807, 2.05) is 72.2 Å². The van der Waals surface area contributed by atoms with Crippen molar-refractivity contribution in [2.75, 3.05) is 0 Å². The second-order valence-corrected chi connectivity index (χ2v) is 6.64. The number of aryl methyl sites for hydroxylation is 1. The fourth-order valence-corrected chi connectivity index (χ4v) is 3.13. The number of carbonyl (C=O) groups excluding carboxylic acids is 1. The summed E-state index contributed by atoms with van der Waals surface area (Å²) in [6.07, 6.45) is 5.11. The van der Waals surface area contributed by atoms with E-state index in [-0.39, 0.29) is 11.9 Å². The number of nitrogens with zero attached hydrogens (tertiary/aromatic N) is 2. The molecule has 0 unspecified atom stereocenters. The number of benzene rings is 2. The smallest absolute Gasteiger partial charge is 0.251 e. The van der Waals surface area contributed by atoms with Crippen LogP contribution < -0.4 is 5.32 Å². The molecule has 1 N–H and O–H groups in total. The summed E-state index contributed by atoms with van der Waals surface area (Å²) in [5.41, 5.74) is 3.62. The summed E-state index contributed by atoms with van der Waals surface area (Å²) in [6, 6.07) is 19.5. The molecule has 0 aliphatic heterocycles. The first kappa shape index (κ1) is 17.1. The molecule has 136 valence electrons. The van der Waals surface area contributed by atoms with Gasteiger partial charge in [-0.15, -0.1) is 0 Å². The molecule has 4 aromatic rings. The first-order valence-electron chi connectivity index (χ1n) is 9.06. The van der Waals surface area contributed by atoms with Crippen LogP contribution in [0.2, 0.25) is 0 Å². The molecule has 0 fully saturated rings. The molecule has 1 atom stereocenters. The Balaban J connectivity index is 1.41. The lowest BCUT2D eigenvalue weighted by Crippen LogP contribution is -2.32. The number of para-hydroxylation sites is 2. The highest BCUT2D eigenvalue weighted by molar-refractivity contribution is 5.94. The van der Waals surface area contributed by atoms with Crippen molar-refractivity contribution in [3.63, 3.8) is 0 Å². The maximum absolute atomic E-state index is 12.5. The summed E-state index contributed by atoms with van der Waals surface area (Å²) < 4.78 is 7.35. The summed E-state index contributed by atoms with van der Waals surface area (Å²) in [6.45, 7) is 2.01. The third-order valence-corrected chi connectivity index (χ3v) is 4.64. The van der Waals surface area contributed by atoms with Crippen LogP contribution in [0.1, 0.15) is 29.5 Å². The lowest BCUT2D eigenvalue weighted by atomic mass is 10.1. The van der Waals surface area contributed by atoms with Crippen LogP contribution >= 0.6 is 0 Å². The number of imidazole rings is 1. The van der Waals surface area contributed by atoms with Crippen molar-refractivity contribution in [1.82, 2.24) is 14.9 Å². The molecule has 2 heterocycles. The predicted octanol–water partition coefficient (Wildman–Crippen LogP) is 4.37. The number of rotatable bonds is 6. The normalized spacial score (nSPS) is 12.2. The Bertz CT molecular complexity index is 1030. The fraction of sp³-hybridized carbons (Fsp3) is 0.182. The number of carbonyl (C=O) groups is 1. The summed E-state index contributed by atoms with van der Waals surface area (Å²) >= 11 is 0. The minimum atomic E-state index is -0.0658. The van der Waals surface area contributed by atoms with Gasteiger partial charge >= 0.3 is 0 Å². The molecular formula is C22H21N3O2. The predicted molar refractivity (Wildman–Crippen MR) is 105 cm³/mol. The minimum absolute atomic E-state index is 0.0658. The number of furan rings is 1. The van der Waals surface area contributed by atoms with Gasteiger partial charge in [-0.05, 0) is 61.9 Å². The number of nitrogens with one attached hydrogen (secondary N) is 1. The minimum Gasteiger partial charge on any atom is -0.469 e. The zero-order valence-electron chi connectivity index (χ0n) is 15.1. The van der Waals surface area contributed by atoms with Crippen molar-refractivity contribution in [1.29, 1.82) is 0 Å². The van der Waals surface area contributed by atoms with Gasteiger partial charge in [0.15, 0.2) is 0 Å². The summed E-state index contributed by atoms with van der Waals surface area (Å²) in [7, 11) is 0. The van der Waals surface area contributed by atoms with E-state index in [9.17, 15) is 4.79 Å². The van der Waals surface area contributed by atoms with E-state index in [0.29, 0.717) is 5.56 Å². The van der Waals surface area contributed by atoms with Crippen LogP contribution in [0.3, 0.4) is 0 Å². The number of amides is 1. The van der Waals surface area contributed by atoms with Crippen LogP contribution in [0.4, 0.5) is 0 Å². The molecule has 4 rings (SSSR count). The summed E-state index contributed by atoms with van der Waals surface area (Å²) in [4.78, 5) is 16.9. The topological polar surface area (TPSA) is 60.1 Å². The van der Waals surface area contributed by atoms with E-state index in [4.69, 9.17) is 4.42 Å². The standard InChI is InChI=1S/C22H21N3O2/c1-16(8-13-19-5-4-14-27-19)24-22(26)17-9-11-18(12-10-17)25-15-23-20-6-2-3-7-21(20)25/h2-7,9-12,14-16H,8,13H2,1H3,(H,24,26)/t16-/m1/s1. The molecule has 5 heteroatoms. The molecule has 5 nitrogen and oxygen atoms in total. The first-order chi connectivity index (χ1) is 13.2. The molecule has 0 radical (unpaired) electrons. The van der Waals surface area contributed by atoms with Crippen LogP contribution in [0, 0.1) is 0 Å². The van der Waals surface area contributed by atoms with Gasteiger partial charge in [0.25, 0.3) is 5.91 Å². The van der Waals surface area contributed by atoms with E-state index in [2.05, 4.69) is 10.3 Å². The number of aromatic nitrogens is 2. The highest BCUT2D eigenvalue weighted by Crippen LogP contribution is 2.18. The Morgan fingerprint density at radius 1 is 1.11 bits per heavy atom. The molecule has 0 saturated heterocycles. The lowest BCUT2D eigenvalue weighted by Gasteiger charge is -2.13. The van der Waals surface area contributed by atoms with Crippen molar-refractivity contribution in [3.05, 3.63) is 84.6 Å². The maximum atomic E-state index is 12.5. The Labute approximate surface area is 157 Å². The van der Waals surface area contributed by atoms with Crippen molar-refractivity contribution in [2.45, 2.75) is 25.8 Å². The second kappa shape index (κ2) is 7.50. The zero-order valence-corrected chi connectivity index (χ0v) is 15.1. The largest absolute Gasteiger partial charge is 0.469 e.